The first-order chi connectivity index (χ1) is 39.1. The van der Waals surface area contributed by atoms with Crippen molar-refractivity contribution in [3.63, 3.8) is 0 Å². The molecule has 10 amide bonds. The second kappa shape index (κ2) is 34.1. The standard InChI is InChI=1S/C60H96N10O13/c1-16-37(8)51(46(81-14)32-47(72)70-31-21-25-45(70)53(82-15)38(9)54(74)63-39(10)52(73)42-22-18-17-19-23-42)68(12)58(78)49(35(4)5)67-57(77)50(36(6)7)69(13)60(80)83-33-41-26-28-43(29-27-41)65-55(75)44(24-20-30-62-59(61)79)66-56(76)48(34(2)3)64-40(11)71/h17-19,22-23,26-29,34-39,44-46,48-53,73H,16,20-21,24-25,30-33H2,1-15H3,(H,63,74)(H,64,71)(H,65,75)(H,66,76)(H,67,77)(H3,61,62,79)/t37-,38+,39+,44-,45-,46+,48-,49-,50-,51-,52+,53+/m0/s1. The summed E-state index contributed by atoms with van der Waals surface area (Å²) in [6.45, 7) is 19.8. The van der Waals surface area contributed by atoms with Gasteiger partial charge in [-0.25, -0.2) is 9.59 Å². The van der Waals surface area contributed by atoms with E-state index in [1.165, 1.54) is 33.1 Å². The quantitative estimate of drug-likeness (QED) is 0.0465. The molecule has 1 aliphatic rings. The predicted molar refractivity (Wildman–Crippen MR) is 315 cm³/mol. The molecule has 0 aliphatic carbocycles. The predicted octanol–water partition coefficient (Wildman–Crippen LogP) is 4.61. The number of carbonyl (C=O) groups is 9. The monoisotopic (exact) mass is 1160 g/mol. The van der Waals surface area contributed by atoms with E-state index in [-0.39, 0.29) is 49.6 Å². The van der Waals surface area contributed by atoms with Crippen LogP contribution >= 0.6 is 0 Å². The van der Waals surface area contributed by atoms with Crippen LogP contribution in [0, 0.1) is 29.6 Å². The Balaban J connectivity index is 1.71. The van der Waals surface area contributed by atoms with Crippen LogP contribution in [-0.2, 0) is 54.4 Å². The van der Waals surface area contributed by atoms with Crippen molar-refractivity contribution in [2.75, 3.05) is 46.7 Å². The van der Waals surface area contributed by atoms with Gasteiger partial charge in [0, 0.05) is 54.0 Å². The molecular formula is C60H96N10O13. The Labute approximate surface area is 491 Å². The molecule has 1 saturated heterocycles. The third kappa shape index (κ3) is 20.8. The smallest absolute Gasteiger partial charge is 0.410 e. The molecule has 1 fully saturated rings. The number of nitrogens with zero attached hydrogens (tertiary/aromatic N) is 3. The highest BCUT2D eigenvalue weighted by molar-refractivity contribution is 5.98. The zero-order chi connectivity index (χ0) is 62.4. The number of likely N-dealkylation sites (N-methyl/N-ethyl adjacent to an activating group) is 2. The van der Waals surface area contributed by atoms with Gasteiger partial charge >= 0.3 is 12.1 Å². The van der Waals surface area contributed by atoms with E-state index in [0.717, 1.165) is 0 Å². The topological polar surface area (TPSA) is 309 Å². The number of anilines is 1. The van der Waals surface area contributed by atoms with E-state index in [1.807, 2.05) is 32.0 Å². The Morgan fingerprint density at radius 3 is 1.92 bits per heavy atom. The molecule has 0 spiro atoms. The third-order valence-electron chi connectivity index (χ3n) is 15.6. The second-order valence-electron chi connectivity index (χ2n) is 22.9. The number of nitrogens with one attached hydrogen (secondary N) is 6. The fourth-order valence-electron chi connectivity index (χ4n) is 10.7. The molecule has 2 aromatic rings. The molecule has 0 aromatic heterocycles. The van der Waals surface area contributed by atoms with Crippen molar-refractivity contribution in [3.05, 3.63) is 65.7 Å². The summed E-state index contributed by atoms with van der Waals surface area (Å²) in [5.41, 5.74) is 6.77. The molecule has 2 aromatic carbocycles. The summed E-state index contributed by atoms with van der Waals surface area (Å²) in [5, 5.41) is 27.4. The Hall–Kier alpha value is -6.85. The number of primary amides is 1. The highest BCUT2D eigenvalue weighted by atomic mass is 16.6. The number of carbonyl (C=O) groups excluding carboxylic acids is 9. The molecule has 0 bridgehead atoms. The molecular weight excluding hydrogens is 1070 g/mol. The van der Waals surface area contributed by atoms with Gasteiger partial charge in [-0.2, -0.15) is 0 Å². The highest BCUT2D eigenvalue weighted by Gasteiger charge is 2.44. The Morgan fingerprint density at radius 2 is 1.37 bits per heavy atom. The van der Waals surface area contributed by atoms with Crippen LogP contribution in [-0.4, -0.2) is 169 Å². The molecule has 1 heterocycles. The molecule has 12 atom stereocenters. The Morgan fingerprint density at radius 1 is 0.747 bits per heavy atom. The maximum absolute atomic E-state index is 14.7. The first kappa shape index (κ1) is 70.4. The number of aliphatic hydroxyl groups excluding tert-OH is 1. The molecule has 0 saturated carbocycles. The number of ether oxygens (including phenoxy) is 3. The minimum absolute atomic E-state index is 0.0813. The van der Waals surface area contributed by atoms with Gasteiger partial charge in [-0.05, 0) is 79.5 Å². The normalized spacial score (nSPS) is 17.3. The van der Waals surface area contributed by atoms with E-state index >= 15 is 0 Å². The van der Waals surface area contributed by atoms with E-state index in [9.17, 15) is 48.3 Å². The van der Waals surface area contributed by atoms with Crippen LogP contribution in [0.5, 0.6) is 0 Å². The minimum Gasteiger partial charge on any atom is -0.445 e. The van der Waals surface area contributed by atoms with Gasteiger partial charge in [0.25, 0.3) is 0 Å². The number of urea groups is 1. The van der Waals surface area contributed by atoms with Gasteiger partial charge < -0.3 is 66.8 Å². The maximum Gasteiger partial charge on any atom is 0.410 e. The molecule has 0 radical (unpaired) electrons. The molecule has 23 heteroatoms. The number of aliphatic hydroxyl groups is 1. The van der Waals surface area contributed by atoms with Gasteiger partial charge in [0.15, 0.2) is 0 Å². The van der Waals surface area contributed by atoms with Gasteiger partial charge in [0.1, 0.15) is 30.8 Å². The van der Waals surface area contributed by atoms with Crippen molar-refractivity contribution in [3.8, 4) is 0 Å². The molecule has 0 unspecified atom stereocenters. The zero-order valence-electron chi connectivity index (χ0n) is 51.5. The van der Waals surface area contributed by atoms with E-state index in [0.29, 0.717) is 49.0 Å². The second-order valence-corrected chi connectivity index (χ2v) is 22.9. The van der Waals surface area contributed by atoms with Gasteiger partial charge in [-0.15, -0.1) is 0 Å². The van der Waals surface area contributed by atoms with Crippen molar-refractivity contribution in [1.82, 2.24) is 41.3 Å². The Bertz CT molecular complexity index is 2450. The summed E-state index contributed by atoms with van der Waals surface area (Å²) in [5.74, 6) is -5.01. The summed E-state index contributed by atoms with van der Waals surface area (Å²) < 4.78 is 17.7. The van der Waals surface area contributed by atoms with Gasteiger partial charge in [-0.1, -0.05) is 111 Å². The van der Waals surface area contributed by atoms with Gasteiger partial charge in [0.2, 0.25) is 41.4 Å². The van der Waals surface area contributed by atoms with Crippen molar-refractivity contribution < 1.29 is 62.5 Å². The average Bonchev–Trinajstić information content (AvgIpc) is 4.01. The van der Waals surface area contributed by atoms with Crippen molar-refractivity contribution in [2.24, 2.45) is 35.3 Å². The number of likely N-dealkylation sites (tertiary alicyclic amines) is 1. The summed E-state index contributed by atoms with van der Waals surface area (Å²) in [6.07, 6.45) is -0.892. The van der Waals surface area contributed by atoms with Crippen LogP contribution in [0.3, 0.4) is 0 Å². The van der Waals surface area contributed by atoms with Gasteiger partial charge in [0.05, 0.1) is 48.8 Å². The van der Waals surface area contributed by atoms with Crippen molar-refractivity contribution in [1.29, 1.82) is 0 Å². The lowest BCUT2D eigenvalue weighted by atomic mass is 9.89. The van der Waals surface area contributed by atoms with Crippen LogP contribution in [0.2, 0.25) is 0 Å². The summed E-state index contributed by atoms with van der Waals surface area (Å²) in [7, 11) is 6.10. The first-order valence-corrected chi connectivity index (χ1v) is 29.0. The SMILES string of the molecule is CC[C@H](C)[C@@H]([C@@H](CC(=O)N1CCC[C@H]1[C@H](OC)[C@@H](C)C(=O)N[C@H](C)[C@@H](O)c1ccccc1)OC)N(C)C(=O)[C@@H](NC(=O)[C@H](C(C)C)N(C)C(=O)OCc1ccc(NC(=O)[C@H](CCCNC(N)=O)NC(=O)[C@@H](NC(C)=O)C(C)C)cc1)C(C)C. The third-order valence-corrected chi connectivity index (χ3v) is 15.6. The number of methoxy groups -OCH3 is 2. The molecule has 83 heavy (non-hydrogen) atoms. The van der Waals surface area contributed by atoms with E-state index in [1.54, 1.807) is 109 Å². The lowest BCUT2D eigenvalue weighted by Gasteiger charge is -2.41. The average molecular weight is 1170 g/mol. The summed E-state index contributed by atoms with van der Waals surface area (Å²) in [4.78, 5) is 125. The number of nitrogens with two attached hydrogens (primary N) is 1. The number of hydrogen-bond donors (Lipinski definition) is 8. The fraction of sp³-hybridized carbons (Fsp3) is 0.650. The van der Waals surface area contributed by atoms with Crippen LogP contribution in [0.25, 0.3) is 0 Å². The van der Waals surface area contributed by atoms with Crippen LogP contribution in [0.1, 0.15) is 132 Å². The number of hydrogen-bond acceptors (Lipinski definition) is 13. The molecule has 9 N–H and O–H groups in total. The minimum atomic E-state index is -1.06. The van der Waals surface area contributed by atoms with Crippen LogP contribution in [0.4, 0.5) is 15.3 Å². The number of rotatable bonds is 32. The number of benzene rings is 2. The molecule has 3 rings (SSSR count). The lowest BCUT2D eigenvalue weighted by molar-refractivity contribution is -0.148. The zero-order valence-corrected chi connectivity index (χ0v) is 51.5. The molecule has 1 aliphatic heterocycles. The summed E-state index contributed by atoms with van der Waals surface area (Å²) in [6, 6.07) is 9.08. The van der Waals surface area contributed by atoms with E-state index in [4.69, 9.17) is 19.9 Å². The van der Waals surface area contributed by atoms with Gasteiger partial charge in [-0.3, -0.25) is 38.5 Å². The van der Waals surface area contributed by atoms with Crippen LogP contribution in [0.15, 0.2) is 54.6 Å². The van der Waals surface area contributed by atoms with Crippen molar-refractivity contribution >= 4 is 59.2 Å². The lowest BCUT2D eigenvalue weighted by Crippen LogP contribution is -2.60. The maximum atomic E-state index is 14.7. The fourth-order valence-corrected chi connectivity index (χ4v) is 10.7. The summed E-state index contributed by atoms with van der Waals surface area (Å²) >= 11 is 0. The number of amides is 10. The van der Waals surface area contributed by atoms with E-state index < -0.39 is 120 Å². The van der Waals surface area contributed by atoms with E-state index in [2.05, 4.69) is 31.9 Å². The first-order valence-electron chi connectivity index (χ1n) is 29.0. The highest BCUT2D eigenvalue weighted by Crippen LogP contribution is 2.30. The molecule has 23 nitrogen and oxygen atoms in total. The van der Waals surface area contributed by atoms with Crippen molar-refractivity contribution in [2.45, 2.75) is 182 Å². The largest absolute Gasteiger partial charge is 0.445 e. The van der Waals surface area contributed by atoms with Crippen LogP contribution < -0.4 is 37.6 Å². The molecule has 464 valence electrons. The Kier molecular flexibility index (Phi) is 28.9.